The number of esters is 1. The van der Waals surface area contributed by atoms with E-state index in [9.17, 15) is 14.4 Å². The topological polar surface area (TPSA) is 111 Å². The molecule has 1 atom stereocenters. The lowest BCUT2D eigenvalue weighted by atomic mass is 10.1. The van der Waals surface area contributed by atoms with Gasteiger partial charge in [-0.05, 0) is 37.6 Å². The molecule has 0 fully saturated rings. The average Bonchev–Trinajstić information content (AvgIpc) is 2.47. The number of aryl methyl sites for hydroxylation is 1. The Morgan fingerprint density at radius 1 is 1.33 bits per heavy atom. The van der Waals surface area contributed by atoms with Gasteiger partial charge in [0, 0.05) is 18.3 Å². The summed E-state index contributed by atoms with van der Waals surface area (Å²) in [6.07, 6.45) is 0. The van der Waals surface area contributed by atoms with Crippen LogP contribution in [0.25, 0.3) is 0 Å². The van der Waals surface area contributed by atoms with Crippen LogP contribution >= 0.6 is 0 Å². The van der Waals surface area contributed by atoms with Crippen LogP contribution in [-0.2, 0) is 14.3 Å². The van der Waals surface area contributed by atoms with E-state index < -0.39 is 17.9 Å². The minimum Gasteiger partial charge on any atom is -0.464 e. The molecule has 7 nitrogen and oxygen atoms in total. The summed E-state index contributed by atoms with van der Waals surface area (Å²) in [7, 11) is 1.53. The Morgan fingerprint density at radius 3 is 2.52 bits per heavy atom. The monoisotopic (exact) mass is 293 g/mol. The van der Waals surface area contributed by atoms with Crippen LogP contribution in [0.5, 0.6) is 0 Å². The predicted molar refractivity (Wildman–Crippen MR) is 77.8 cm³/mol. The van der Waals surface area contributed by atoms with E-state index in [0.717, 1.165) is 0 Å². The average molecular weight is 293 g/mol. The summed E-state index contributed by atoms with van der Waals surface area (Å²) in [5.74, 6) is -1.67. The lowest BCUT2D eigenvalue weighted by Crippen LogP contribution is -2.43. The number of benzene rings is 1. The zero-order valence-corrected chi connectivity index (χ0v) is 12.2. The van der Waals surface area contributed by atoms with Crippen LogP contribution in [0, 0.1) is 6.92 Å². The van der Waals surface area contributed by atoms with Gasteiger partial charge < -0.3 is 21.1 Å². The molecule has 0 aromatic heterocycles. The van der Waals surface area contributed by atoms with Gasteiger partial charge in [0.2, 0.25) is 0 Å². The summed E-state index contributed by atoms with van der Waals surface area (Å²) < 4.78 is 4.68. The van der Waals surface area contributed by atoms with Crippen molar-refractivity contribution in [3.8, 4) is 0 Å². The number of nitrogens with one attached hydrogen (secondary N) is 2. The first-order chi connectivity index (χ1) is 9.90. The minimum absolute atomic E-state index is 0.152. The molecule has 0 bridgehead atoms. The number of hydrogen-bond acceptors (Lipinski definition) is 5. The van der Waals surface area contributed by atoms with Crippen molar-refractivity contribution in [3.63, 3.8) is 0 Å². The second-order valence-corrected chi connectivity index (χ2v) is 4.33. The molecule has 114 valence electrons. The SMILES string of the molecule is CCOC(=O)C(N)C(=O)Nc1ccc(C(=O)NC)cc1C. The molecule has 21 heavy (non-hydrogen) atoms. The van der Waals surface area contributed by atoms with Crippen LogP contribution in [0.2, 0.25) is 0 Å². The molecule has 0 spiro atoms. The lowest BCUT2D eigenvalue weighted by Gasteiger charge is -2.13. The van der Waals surface area contributed by atoms with Crippen LogP contribution in [-0.4, -0.2) is 37.5 Å². The summed E-state index contributed by atoms with van der Waals surface area (Å²) in [5, 5.41) is 5.05. The molecule has 0 aliphatic rings. The maximum atomic E-state index is 11.8. The fourth-order valence-electron chi connectivity index (χ4n) is 1.64. The Kier molecular flexibility index (Phi) is 5.86. The van der Waals surface area contributed by atoms with Crippen LogP contribution in [0.4, 0.5) is 5.69 Å². The number of rotatable bonds is 5. The summed E-state index contributed by atoms with van der Waals surface area (Å²) in [4.78, 5) is 34.7. The number of nitrogens with two attached hydrogens (primary N) is 1. The molecule has 0 radical (unpaired) electrons. The van der Waals surface area contributed by atoms with Crippen LogP contribution < -0.4 is 16.4 Å². The smallest absolute Gasteiger partial charge is 0.332 e. The molecule has 1 unspecified atom stereocenters. The number of ether oxygens (including phenoxy) is 1. The van der Waals surface area contributed by atoms with E-state index in [2.05, 4.69) is 15.4 Å². The summed E-state index contributed by atoms with van der Waals surface area (Å²) in [6, 6.07) is 3.39. The van der Waals surface area contributed by atoms with Crippen molar-refractivity contribution >= 4 is 23.5 Å². The highest BCUT2D eigenvalue weighted by molar-refractivity contribution is 6.08. The molecule has 0 aliphatic heterocycles. The van der Waals surface area contributed by atoms with E-state index >= 15 is 0 Å². The largest absolute Gasteiger partial charge is 0.464 e. The molecule has 1 aromatic carbocycles. The molecule has 2 amide bonds. The molecule has 0 saturated carbocycles. The predicted octanol–water partition coefficient (Wildman–Crippen LogP) is 0.184. The molecule has 0 aliphatic carbocycles. The molecule has 1 rings (SSSR count). The van der Waals surface area contributed by atoms with Gasteiger partial charge in [0.25, 0.3) is 11.8 Å². The molecule has 0 saturated heterocycles. The maximum absolute atomic E-state index is 11.8. The zero-order valence-electron chi connectivity index (χ0n) is 12.2. The highest BCUT2D eigenvalue weighted by atomic mass is 16.5. The lowest BCUT2D eigenvalue weighted by molar-refractivity contribution is -0.146. The number of hydrogen-bond donors (Lipinski definition) is 3. The zero-order chi connectivity index (χ0) is 16.0. The van der Waals surface area contributed by atoms with Crippen molar-refractivity contribution in [1.82, 2.24) is 5.32 Å². The number of amides is 2. The van der Waals surface area contributed by atoms with E-state index in [0.29, 0.717) is 16.8 Å². The third-order valence-electron chi connectivity index (χ3n) is 2.80. The first-order valence-electron chi connectivity index (χ1n) is 6.46. The fraction of sp³-hybridized carbons (Fsp3) is 0.357. The molecule has 4 N–H and O–H groups in total. The van der Waals surface area contributed by atoms with Gasteiger partial charge in [-0.25, -0.2) is 4.79 Å². The molecule has 1 aromatic rings. The molecule has 0 heterocycles. The van der Waals surface area contributed by atoms with Crippen molar-refractivity contribution in [2.24, 2.45) is 5.73 Å². The fourth-order valence-corrected chi connectivity index (χ4v) is 1.64. The van der Waals surface area contributed by atoms with Crippen LogP contribution in [0.3, 0.4) is 0 Å². The van der Waals surface area contributed by atoms with Gasteiger partial charge in [-0.2, -0.15) is 0 Å². The van der Waals surface area contributed by atoms with Gasteiger partial charge in [-0.1, -0.05) is 0 Å². The van der Waals surface area contributed by atoms with Crippen LogP contribution in [0.15, 0.2) is 18.2 Å². The minimum atomic E-state index is -1.39. The Bertz CT molecular complexity index is 557. The third-order valence-corrected chi connectivity index (χ3v) is 2.80. The Morgan fingerprint density at radius 2 is 2.00 bits per heavy atom. The summed E-state index contributed by atoms with van der Waals surface area (Å²) >= 11 is 0. The van der Waals surface area contributed by atoms with Crippen molar-refractivity contribution in [2.45, 2.75) is 19.9 Å². The van der Waals surface area contributed by atoms with Gasteiger partial charge in [-0.3, -0.25) is 9.59 Å². The number of carbonyl (C=O) groups is 3. The summed E-state index contributed by atoms with van der Waals surface area (Å²) in [5.41, 5.74) is 7.13. The van der Waals surface area contributed by atoms with E-state index in [1.807, 2.05) is 0 Å². The van der Waals surface area contributed by atoms with E-state index in [1.165, 1.54) is 7.05 Å². The highest BCUT2D eigenvalue weighted by Crippen LogP contribution is 2.16. The Hall–Kier alpha value is -2.41. The molecule has 7 heteroatoms. The van der Waals surface area contributed by atoms with Crippen LogP contribution in [0.1, 0.15) is 22.8 Å². The third kappa shape index (κ3) is 4.28. The van der Waals surface area contributed by atoms with Gasteiger partial charge in [-0.15, -0.1) is 0 Å². The van der Waals surface area contributed by atoms with E-state index in [4.69, 9.17) is 5.73 Å². The van der Waals surface area contributed by atoms with E-state index in [1.54, 1.807) is 32.0 Å². The first kappa shape index (κ1) is 16.6. The van der Waals surface area contributed by atoms with Gasteiger partial charge in [0.05, 0.1) is 6.61 Å². The first-order valence-corrected chi connectivity index (χ1v) is 6.46. The molecular formula is C14H19N3O4. The second-order valence-electron chi connectivity index (χ2n) is 4.33. The van der Waals surface area contributed by atoms with Crippen molar-refractivity contribution in [1.29, 1.82) is 0 Å². The standard InChI is InChI=1S/C14H19N3O4/c1-4-21-14(20)11(15)13(19)17-10-6-5-9(7-8(10)2)12(18)16-3/h5-7,11H,4,15H2,1-3H3,(H,16,18)(H,17,19). The summed E-state index contributed by atoms with van der Waals surface area (Å²) in [6.45, 7) is 3.52. The van der Waals surface area contributed by atoms with Gasteiger partial charge >= 0.3 is 5.97 Å². The normalized spacial score (nSPS) is 11.4. The Labute approximate surface area is 122 Å². The molecular weight excluding hydrogens is 274 g/mol. The highest BCUT2D eigenvalue weighted by Gasteiger charge is 2.23. The maximum Gasteiger partial charge on any atom is 0.332 e. The second kappa shape index (κ2) is 7.39. The number of carbonyl (C=O) groups excluding carboxylic acids is 3. The van der Waals surface area contributed by atoms with E-state index in [-0.39, 0.29) is 12.5 Å². The van der Waals surface area contributed by atoms with Crippen molar-refractivity contribution in [3.05, 3.63) is 29.3 Å². The Balaban J connectivity index is 2.81. The van der Waals surface area contributed by atoms with Crippen molar-refractivity contribution in [2.75, 3.05) is 19.0 Å². The number of anilines is 1. The van der Waals surface area contributed by atoms with Gasteiger partial charge in [0.15, 0.2) is 6.04 Å². The van der Waals surface area contributed by atoms with Crippen molar-refractivity contribution < 1.29 is 19.1 Å². The van der Waals surface area contributed by atoms with Gasteiger partial charge in [0.1, 0.15) is 0 Å². The quantitative estimate of drug-likeness (QED) is 0.530.